The van der Waals surface area contributed by atoms with Crippen molar-refractivity contribution in [2.45, 2.75) is 52.1 Å². The minimum atomic E-state index is -0.422. The molecule has 27 heavy (non-hydrogen) atoms. The summed E-state index contributed by atoms with van der Waals surface area (Å²) in [4.78, 5) is 16.4. The lowest BCUT2D eigenvalue weighted by Gasteiger charge is -2.18. The molecule has 148 valence electrons. The summed E-state index contributed by atoms with van der Waals surface area (Å²) >= 11 is 0. The van der Waals surface area contributed by atoms with Crippen molar-refractivity contribution in [1.29, 1.82) is 0 Å². The van der Waals surface area contributed by atoms with Crippen LogP contribution in [0.2, 0.25) is 0 Å². The van der Waals surface area contributed by atoms with Gasteiger partial charge < -0.3 is 21.1 Å². The molecule has 0 aliphatic heterocycles. The molecule has 0 saturated carbocycles. The maximum atomic E-state index is 12.0. The van der Waals surface area contributed by atoms with Gasteiger partial charge in [-0.2, -0.15) is 0 Å². The molecule has 0 spiro atoms. The van der Waals surface area contributed by atoms with Crippen molar-refractivity contribution in [3.05, 3.63) is 30.5 Å². The number of hydrogen-bond acceptors (Lipinski definition) is 5. The molecule has 0 fully saturated rings. The van der Waals surface area contributed by atoms with Gasteiger partial charge in [-0.25, -0.2) is 0 Å². The maximum Gasteiger partial charge on any atom is 0.236 e. The zero-order valence-electron chi connectivity index (χ0n) is 16.8. The third-order valence-corrected chi connectivity index (χ3v) is 4.49. The number of nitrogens with zero attached hydrogens (tertiary/aromatic N) is 1. The summed E-state index contributed by atoms with van der Waals surface area (Å²) in [6, 6.07) is 7.71. The van der Waals surface area contributed by atoms with Gasteiger partial charge in [0.25, 0.3) is 0 Å². The van der Waals surface area contributed by atoms with Crippen molar-refractivity contribution < 1.29 is 9.53 Å². The van der Waals surface area contributed by atoms with E-state index in [1.54, 1.807) is 13.3 Å². The van der Waals surface area contributed by atoms with Crippen LogP contribution >= 0.6 is 0 Å². The third-order valence-electron chi connectivity index (χ3n) is 4.49. The van der Waals surface area contributed by atoms with Crippen molar-refractivity contribution in [1.82, 2.24) is 10.3 Å². The molecular formula is C21H32N4O2. The summed E-state index contributed by atoms with van der Waals surface area (Å²) in [7, 11) is 1.66. The Kier molecular flexibility index (Phi) is 7.85. The Morgan fingerprint density at radius 1 is 1.30 bits per heavy atom. The summed E-state index contributed by atoms with van der Waals surface area (Å²) in [5, 5.41) is 7.49. The molecule has 1 unspecified atom stereocenters. The van der Waals surface area contributed by atoms with Gasteiger partial charge in [-0.15, -0.1) is 0 Å². The highest BCUT2D eigenvalue weighted by Gasteiger charge is 2.14. The molecule has 0 saturated heterocycles. The summed E-state index contributed by atoms with van der Waals surface area (Å²) < 4.78 is 5.39. The van der Waals surface area contributed by atoms with E-state index < -0.39 is 6.04 Å². The third kappa shape index (κ3) is 6.40. The number of nitrogens with two attached hydrogens (primary N) is 1. The zero-order chi connectivity index (χ0) is 19.8. The van der Waals surface area contributed by atoms with Crippen LogP contribution in [-0.4, -0.2) is 36.6 Å². The lowest BCUT2D eigenvalue weighted by Crippen LogP contribution is -2.41. The first-order chi connectivity index (χ1) is 12.9. The van der Waals surface area contributed by atoms with Crippen LogP contribution in [0.15, 0.2) is 30.5 Å². The van der Waals surface area contributed by atoms with Crippen molar-refractivity contribution in [3.63, 3.8) is 0 Å². The van der Waals surface area contributed by atoms with Crippen LogP contribution in [-0.2, 0) is 4.79 Å². The minimum Gasteiger partial charge on any atom is -0.497 e. The number of benzene rings is 1. The number of nitrogens with one attached hydrogen (secondary N) is 2. The second kappa shape index (κ2) is 10.1. The summed E-state index contributed by atoms with van der Waals surface area (Å²) in [5.41, 5.74) is 7.79. The smallest absolute Gasteiger partial charge is 0.236 e. The Bertz CT molecular complexity index is 748. The number of methoxy groups -OCH3 is 1. The van der Waals surface area contributed by atoms with Crippen LogP contribution in [0.5, 0.6) is 5.75 Å². The Morgan fingerprint density at radius 3 is 2.78 bits per heavy atom. The molecule has 2 rings (SSSR count). The molecule has 2 atom stereocenters. The van der Waals surface area contributed by atoms with E-state index in [4.69, 9.17) is 10.5 Å². The van der Waals surface area contributed by atoms with Crippen LogP contribution in [0.1, 0.15) is 40.0 Å². The summed E-state index contributed by atoms with van der Waals surface area (Å²) in [6.07, 6.45) is 4.30. The number of rotatable bonds is 10. The average molecular weight is 373 g/mol. The lowest BCUT2D eigenvalue weighted by molar-refractivity contribution is -0.122. The van der Waals surface area contributed by atoms with E-state index in [9.17, 15) is 4.79 Å². The van der Waals surface area contributed by atoms with Gasteiger partial charge in [-0.1, -0.05) is 19.9 Å². The standard InChI is InChI=1S/C21H32N4O2/c1-14(2)11-18(22)21(26)24-10-5-7-15(3)25-19-13-17(27-4)12-16-8-6-9-23-20(16)19/h6,8-9,12-15,18,25H,5,7,10-11,22H2,1-4H3,(H,24,26)/t15?,18-/m0/s1. The molecule has 0 bridgehead atoms. The fourth-order valence-corrected chi connectivity index (χ4v) is 3.10. The minimum absolute atomic E-state index is 0.0627. The highest BCUT2D eigenvalue weighted by molar-refractivity contribution is 5.91. The Morgan fingerprint density at radius 2 is 2.07 bits per heavy atom. The molecule has 6 heteroatoms. The number of amides is 1. The number of aromatic nitrogens is 1. The van der Waals surface area contributed by atoms with Crippen molar-refractivity contribution in [2.75, 3.05) is 19.0 Å². The molecule has 1 aromatic carbocycles. The van der Waals surface area contributed by atoms with Gasteiger partial charge in [0, 0.05) is 30.2 Å². The first-order valence-corrected chi connectivity index (χ1v) is 9.63. The van der Waals surface area contributed by atoms with Crippen molar-refractivity contribution in [3.8, 4) is 5.75 Å². The summed E-state index contributed by atoms with van der Waals surface area (Å²) in [6.45, 7) is 6.89. The first kappa shape index (κ1) is 21.0. The van der Waals surface area contributed by atoms with Crippen molar-refractivity contribution >= 4 is 22.5 Å². The highest BCUT2D eigenvalue weighted by atomic mass is 16.5. The first-order valence-electron chi connectivity index (χ1n) is 9.63. The van der Waals surface area contributed by atoms with E-state index in [0.29, 0.717) is 18.9 Å². The van der Waals surface area contributed by atoms with Gasteiger partial charge in [0.15, 0.2) is 0 Å². The van der Waals surface area contributed by atoms with Gasteiger partial charge in [0.1, 0.15) is 5.75 Å². The molecule has 0 aliphatic carbocycles. The number of anilines is 1. The van der Waals surface area contributed by atoms with E-state index in [1.807, 2.05) is 24.3 Å². The molecule has 1 heterocycles. The number of fused-ring (bicyclic) bond motifs is 1. The number of pyridine rings is 1. The van der Waals surface area contributed by atoms with E-state index >= 15 is 0 Å². The van der Waals surface area contributed by atoms with E-state index in [-0.39, 0.29) is 11.9 Å². The second-order valence-electron chi connectivity index (χ2n) is 7.46. The van der Waals surface area contributed by atoms with Gasteiger partial charge in [-0.05, 0) is 44.2 Å². The van der Waals surface area contributed by atoms with Crippen LogP contribution in [0.4, 0.5) is 5.69 Å². The van der Waals surface area contributed by atoms with Crippen LogP contribution in [0.25, 0.3) is 10.9 Å². The molecule has 6 nitrogen and oxygen atoms in total. The Labute approximate surface area is 161 Å². The highest BCUT2D eigenvalue weighted by Crippen LogP contribution is 2.28. The predicted octanol–water partition coefficient (Wildman–Crippen LogP) is 3.31. The quantitative estimate of drug-likeness (QED) is 0.557. The number of carbonyl (C=O) groups is 1. The normalized spacial score (nSPS) is 13.4. The average Bonchev–Trinajstić information content (AvgIpc) is 2.64. The monoisotopic (exact) mass is 372 g/mol. The van der Waals surface area contributed by atoms with E-state index in [0.717, 1.165) is 35.2 Å². The molecule has 1 aromatic heterocycles. The van der Waals surface area contributed by atoms with Crippen LogP contribution in [0, 0.1) is 5.92 Å². The van der Waals surface area contributed by atoms with Crippen LogP contribution < -0.4 is 21.1 Å². The van der Waals surface area contributed by atoms with Crippen molar-refractivity contribution in [2.24, 2.45) is 11.7 Å². The number of hydrogen-bond donors (Lipinski definition) is 3. The van der Waals surface area contributed by atoms with E-state index in [1.165, 1.54) is 0 Å². The fraction of sp³-hybridized carbons (Fsp3) is 0.524. The Balaban J connectivity index is 1.85. The van der Waals surface area contributed by atoms with Gasteiger partial charge >= 0.3 is 0 Å². The topological polar surface area (TPSA) is 89.3 Å². The zero-order valence-corrected chi connectivity index (χ0v) is 16.8. The molecule has 2 aromatic rings. The number of ether oxygens (including phenoxy) is 1. The fourth-order valence-electron chi connectivity index (χ4n) is 3.10. The second-order valence-corrected chi connectivity index (χ2v) is 7.46. The maximum absolute atomic E-state index is 12.0. The van der Waals surface area contributed by atoms with Gasteiger partial charge in [0.2, 0.25) is 5.91 Å². The predicted molar refractivity (Wildman–Crippen MR) is 111 cm³/mol. The van der Waals surface area contributed by atoms with Gasteiger partial charge in [0.05, 0.1) is 24.4 Å². The lowest BCUT2D eigenvalue weighted by atomic mass is 10.0. The summed E-state index contributed by atoms with van der Waals surface area (Å²) in [5.74, 6) is 1.16. The molecule has 4 N–H and O–H groups in total. The van der Waals surface area contributed by atoms with E-state index in [2.05, 4.69) is 36.4 Å². The van der Waals surface area contributed by atoms with Crippen LogP contribution in [0.3, 0.4) is 0 Å². The van der Waals surface area contributed by atoms with Gasteiger partial charge in [-0.3, -0.25) is 9.78 Å². The molecule has 0 aliphatic rings. The molecule has 1 amide bonds. The Hall–Kier alpha value is -2.34. The SMILES string of the molecule is COc1cc(NC(C)CCCNC(=O)[C@@H](N)CC(C)C)c2ncccc2c1. The molecule has 0 radical (unpaired) electrons. The molecular weight excluding hydrogens is 340 g/mol. The largest absolute Gasteiger partial charge is 0.497 e. The number of carbonyl (C=O) groups excluding carboxylic acids is 1.